The van der Waals surface area contributed by atoms with Crippen molar-refractivity contribution in [3.63, 3.8) is 0 Å². The van der Waals surface area contributed by atoms with Gasteiger partial charge < -0.3 is 10.2 Å². The fourth-order valence-electron chi connectivity index (χ4n) is 5.05. The van der Waals surface area contributed by atoms with E-state index in [0.717, 1.165) is 19.6 Å². The van der Waals surface area contributed by atoms with Gasteiger partial charge in [-0.3, -0.25) is 9.69 Å². The normalized spacial score (nSPS) is 11.6. The third-order valence-corrected chi connectivity index (χ3v) is 7.61. The molecule has 4 heteroatoms. The highest BCUT2D eigenvalue weighted by molar-refractivity contribution is 5.77. The zero-order valence-electron chi connectivity index (χ0n) is 25.4. The van der Waals surface area contributed by atoms with Gasteiger partial charge in [-0.1, -0.05) is 136 Å². The van der Waals surface area contributed by atoms with Gasteiger partial charge in [0.05, 0.1) is 6.54 Å². The summed E-state index contributed by atoms with van der Waals surface area (Å²) < 4.78 is 0. The summed E-state index contributed by atoms with van der Waals surface area (Å²) in [6.07, 6.45) is 28.6. The van der Waals surface area contributed by atoms with E-state index in [1.165, 1.54) is 148 Å². The van der Waals surface area contributed by atoms with Gasteiger partial charge in [0.1, 0.15) is 0 Å². The standard InChI is InChI=1S/C32H67N3O/c1-5-8-11-14-17-20-23-26-34(27-24-21-18-15-12-9-6-2)29-30-35(31-32(36)33-4)28-25-22-19-16-13-10-7-3/h5-31H2,1-4H3,(H,33,36). The molecule has 0 saturated heterocycles. The van der Waals surface area contributed by atoms with Crippen LogP contribution < -0.4 is 5.32 Å². The second-order valence-corrected chi connectivity index (χ2v) is 11.2. The van der Waals surface area contributed by atoms with Crippen molar-refractivity contribution in [3.05, 3.63) is 0 Å². The summed E-state index contributed by atoms with van der Waals surface area (Å²) in [6, 6.07) is 0. The number of likely N-dealkylation sites (N-methyl/N-ethyl adjacent to an activating group) is 1. The maximum Gasteiger partial charge on any atom is 0.233 e. The topological polar surface area (TPSA) is 35.6 Å². The fraction of sp³-hybridized carbons (Fsp3) is 0.969. The first-order valence-corrected chi connectivity index (χ1v) is 16.3. The second kappa shape index (κ2) is 29.0. The van der Waals surface area contributed by atoms with Crippen LogP contribution in [-0.2, 0) is 4.79 Å². The Balaban J connectivity index is 4.48. The highest BCUT2D eigenvalue weighted by atomic mass is 16.1. The van der Waals surface area contributed by atoms with Crippen LogP contribution >= 0.6 is 0 Å². The van der Waals surface area contributed by atoms with Crippen LogP contribution in [0.3, 0.4) is 0 Å². The molecule has 216 valence electrons. The number of hydrogen-bond acceptors (Lipinski definition) is 3. The van der Waals surface area contributed by atoms with E-state index in [9.17, 15) is 4.79 Å². The average molecular weight is 510 g/mol. The summed E-state index contributed by atoms with van der Waals surface area (Å²) in [5.41, 5.74) is 0. The summed E-state index contributed by atoms with van der Waals surface area (Å²) in [7, 11) is 1.77. The molecule has 0 heterocycles. The number of carbonyl (C=O) groups is 1. The van der Waals surface area contributed by atoms with Crippen molar-refractivity contribution in [1.82, 2.24) is 15.1 Å². The minimum atomic E-state index is 0.156. The second-order valence-electron chi connectivity index (χ2n) is 11.2. The van der Waals surface area contributed by atoms with Gasteiger partial charge in [-0.25, -0.2) is 0 Å². The maximum absolute atomic E-state index is 12.1. The molecular formula is C32H67N3O. The van der Waals surface area contributed by atoms with Gasteiger partial charge in [-0.05, 0) is 38.9 Å². The quantitative estimate of drug-likeness (QED) is 0.103. The molecule has 0 aromatic carbocycles. The maximum atomic E-state index is 12.1. The molecule has 0 saturated carbocycles. The summed E-state index contributed by atoms with van der Waals surface area (Å²) in [6.45, 7) is 13.1. The molecule has 0 atom stereocenters. The van der Waals surface area contributed by atoms with Crippen LogP contribution in [0.1, 0.15) is 156 Å². The third-order valence-electron chi connectivity index (χ3n) is 7.61. The van der Waals surface area contributed by atoms with Crippen molar-refractivity contribution < 1.29 is 4.79 Å². The summed E-state index contributed by atoms with van der Waals surface area (Å²) in [4.78, 5) is 17.3. The molecule has 0 aromatic rings. The highest BCUT2D eigenvalue weighted by Crippen LogP contribution is 2.11. The van der Waals surface area contributed by atoms with E-state index in [1.807, 2.05) is 0 Å². The van der Waals surface area contributed by atoms with E-state index in [1.54, 1.807) is 7.05 Å². The minimum absolute atomic E-state index is 0.156. The van der Waals surface area contributed by atoms with Crippen LogP contribution in [0.15, 0.2) is 0 Å². The first kappa shape index (κ1) is 35.4. The van der Waals surface area contributed by atoms with Crippen molar-refractivity contribution in [2.45, 2.75) is 156 Å². The van der Waals surface area contributed by atoms with E-state index >= 15 is 0 Å². The predicted octanol–water partition coefficient (Wildman–Crippen LogP) is 8.59. The summed E-state index contributed by atoms with van der Waals surface area (Å²) in [5, 5.41) is 2.84. The molecule has 0 fully saturated rings. The number of nitrogens with one attached hydrogen (secondary N) is 1. The predicted molar refractivity (Wildman–Crippen MR) is 161 cm³/mol. The highest BCUT2D eigenvalue weighted by Gasteiger charge is 2.12. The smallest absolute Gasteiger partial charge is 0.233 e. The third kappa shape index (κ3) is 25.1. The Morgan fingerprint density at radius 1 is 0.444 bits per heavy atom. The largest absolute Gasteiger partial charge is 0.358 e. The molecule has 0 spiro atoms. The molecule has 0 unspecified atom stereocenters. The van der Waals surface area contributed by atoms with Gasteiger partial charge in [0.25, 0.3) is 0 Å². The number of carbonyl (C=O) groups excluding carboxylic acids is 1. The van der Waals surface area contributed by atoms with E-state index < -0.39 is 0 Å². The molecule has 1 N–H and O–H groups in total. The van der Waals surface area contributed by atoms with Crippen molar-refractivity contribution in [2.24, 2.45) is 0 Å². The molecule has 1 amide bonds. The molecule has 0 aliphatic carbocycles. The van der Waals surface area contributed by atoms with Crippen LogP contribution in [0.5, 0.6) is 0 Å². The van der Waals surface area contributed by atoms with Crippen molar-refractivity contribution in [3.8, 4) is 0 Å². The molecule has 0 rings (SSSR count). The lowest BCUT2D eigenvalue weighted by atomic mass is 10.1. The lowest BCUT2D eigenvalue weighted by molar-refractivity contribution is -0.121. The Kier molecular flexibility index (Phi) is 28.5. The van der Waals surface area contributed by atoms with Crippen LogP contribution in [0.25, 0.3) is 0 Å². The summed E-state index contributed by atoms with van der Waals surface area (Å²) in [5.74, 6) is 0.156. The first-order valence-electron chi connectivity index (χ1n) is 16.3. The zero-order valence-corrected chi connectivity index (χ0v) is 25.4. The number of nitrogens with zero attached hydrogens (tertiary/aromatic N) is 2. The van der Waals surface area contributed by atoms with E-state index in [-0.39, 0.29) is 5.91 Å². The Labute approximate surface area is 227 Å². The Hall–Kier alpha value is -0.610. The van der Waals surface area contributed by atoms with Crippen LogP contribution in [0.2, 0.25) is 0 Å². The number of amides is 1. The van der Waals surface area contributed by atoms with E-state index in [4.69, 9.17) is 0 Å². The average Bonchev–Trinajstić information content (AvgIpc) is 2.89. The Bertz CT molecular complexity index is 425. The van der Waals surface area contributed by atoms with Gasteiger partial charge in [-0.15, -0.1) is 0 Å². The van der Waals surface area contributed by atoms with E-state index in [0.29, 0.717) is 6.54 Å². The fourth-order valence-corrected chi connectivity index (χ4v) is 5.05. The number of rotatable bonds is 29. The van der Waals surface area contributed by atoms with Crippen molar-refractivity contribution >= 4 is 5.91 Å². The monoisotopic (exact) mass is 510 g/mol. The number of unbranched alkanes of at least 4 members (excludes halogenated alkanes) is 18. The van der Waals surface area contributed by atoms with Crippen molar-refractivity contribution in [2.75, 3.05) is 46.3 Å². The zero-order chi connectivity index (χ0) is 26.5. The van der Waals surface area contributed by atoms with Crippen LogP contribution in [0.4, 0.5) is 0 Å². The lowest BCUT2D eigenvalue weighted by Gasteiger charge is -2.27. The molecule has 0 radical (unpaired) electrons. The van der Waals surface area contributed by atoms with Crippen molar-refractivity contribution in [1.29, 1.82) is 0 Å². The molecule has 0 aliphatic heterocycles. The number of hydrogen-bond donors (Lipinski definition) is 1. The minimum Gasteiger partial charge on any atom is -0.358 e. The van der Waals surface area contributed by atoms with Gasteiger partial charge >= 0.3 is 0 Å². The Morgan fingerprint density at radius 3 is 1.11 bits per heavy atom. The van der Waals surface area contributed by atoms with Gasteiger partial charge in [0.15, 0.2) is 0 Å². The van der Waals surface area contributed by atoms with Crippen LogP contribution in [-0.4, -0.2) is 62.0 Å². The van der Waals surface area contributed by atoms with Gasteiger partial charge in [0, 0.05) is 20.1 Å². The molecular weight excluding hydrogens is 442 g/mol. The summed E-state index contributed by atoms with van der Waals surface area (Å²) >= 11 is 0. The molecule has 0 aliphatic rings. The molecule has 0 bridgehead atoms. The molecule has 36 heavy (non-hydrogen) atoms. The van der Waals surface area contributed by atoms with Gasteiger partial charge in [-0.2, -0.15) is 0 Å². The van der Waals surface area contributed by atoms with Crippen LogP contribution in [0, 0.1) is 0 Å². The SMILES string of the molecule is CCCCCCCCCN(CCCCCCCCC)CCN(CCCCCCCCC)CC(=O)NC. The Morgan fingerprint density at radius 2 is 0.750 bits per heavy atom. The van der Waals surface area contributed by atoms with Gasteiger partial charge in [0.2, 0.25) is 5.91 Å². The lowest BCUT2D eigenvalue weighted by Crippen LogP contribution is -2.41. The molecule has 0 aromatic heterocycles. The molecule has 4 nitrogen and oxygen atoms in total. The van der Waals surface area contributed by atoms with E-state index in [2.05, 4.69) is 35.9 Å². The first-order chi connectivity index (χ1) is 17.7.